The molecule has 0 atom stereocenters. The topological polar surface area (TPSA) is 74.2 Å². The van der Waals surface area contributed by atoms with E-state index in [1.165, 1.54) is 6.07 Å². The molecule has 0 bridgehead atoms. The Balaban J connectivity index is 2.91. The molecule has 2 N–H and O–H groups in total. The first kappa shape index (κ1) is 14.6. The summed E-state index contributed by atoms with van der Waals surface area (Å²) in [5.41, 5.74) is -0.136. The van der Waals surface area contributed by atoms with Gasteiger partial charge >= 0.3 is 12.4 Å². The Morgan fingerprint density at radius 3 is 2.68 bits per heavy atom. The molecule has 0 heterocycles. The Bertz CT molecular complexity index is 509. The average molecular weight is 273 g/mol. The Kier molecular flexibility index (Phi) is 4.58. The van der Waals surface area contributed by atoms with Crippen molar-refractivity contribution < 1.29 is 22.7 Å². The number of hydrogen-bond donors (Lipinski definition) is 2. The zero-order valence-electron chi connectivity index (χ0n) is 9.84. The van der Waals surface area contributed by atoms with Crippen molar-refractivity contribution in [1.29, 1.82) is 5.26 Å². The molecule has 1 aromatic rings. The number of nitriles is 1. The average Bonchev–Trinajstić information content (AvgIpc) is 2.29. The van der Waals surface area contributed by atoms with E-state index in [2.05, 4.69) is 15.4 Å². The Hall–Kier alpha value is -2.43. The highest BCUT2D eigenvalue weighted by atomic mass is 19.4. The summed E-state index contributed by atoms with van der Waals surface area (Å²) in [4.78, 5) is 11.2. The summed E-state index contributed by atoms with van der Waals surface area (Å²) in [5, 5.41) is 13.6. The van der Waals surface area contributed by atoms with Crippen molar-refractivity contribution in [3.63, 3.8) is 0 Å². The number of rotatable bonds is 3. The molecule has 19 heavy (non-hydrogen) atoms. The molecule has 0 unspecified atom stereocenters. The van der Waals surface area contributed by atoms with Crippen molar-refractivity contribution in [1.82, 2.24) is 5.32 Å². The summed E-state index contributed by atoms with van der Waals surface area (Å²) in [6, 6.07) is 4.31. The van der Waals surface area contributed by atoms with Gasteiger partial charge in [0.2, 0.25) is 0 Å². The maximum atomic E-state index is 12.1. The van der Waals surface area contributed by atoms with E-state index >= 15 is 0 Å². The second-order valence-corrected chi connectivity index (χ2v) is 3.35. The fourth-order valence-corrected chi connectivity index (χ4v) is 1.24. The van der Waals surface area contributed by atoms with Crippen LogP contribution in [0.25, 0.3) is 0 Å². The molecule has 0 aliphatic rings. The Labute approximate surface area is 107 Å². The number of amides is 2. The minimum absolute atomic E-state index is 0.192. The molecule has 0 aromatic heterocycles. The molecule has 5 nitrogen and oxygen atoms in total. The van der Waals surface area contributed by atoms with Gasteiger partial charge in [-0.1, -0.05) is 0 Å². The third-order valence-corrected chi connectivity index (χ3v) is 1.92. The number of benzene rings is 1. The number of carbonyl (C=O) groups is 1. The fourth-order valence-electron chi connectivity index (χ4n) is 1.24. The molecule has 2 amide bonds. The van der Waals surface area contributed by atoms with Crippen molar-refractivity contribution in [3.8, 4) is 11.8 Å². The monoisotopic (exact) mass is 273 g/mol. The predicted octanol–water partition coefficient (Wildman–Crippen LogP) is 2.60. The smallest absolute Gasteiger partial charge is 0.404 e. The third-order valence-electron chi connectivity index (χ3n) is 1.92. The zero-order chi connectivity index (χ0) is 14.5. The lowest BCUT2D eigenvalue weighted by Gasteiger charge is -2.11. The number of anilines is 1. The van der Waals surface area contributed by atoms with Crippen molar-refractivity contribution in [2.75, 3.05) is 11.9 Å². The van der Waals surface area contributed by atoms with Crippen LogP contribution in [0.15, 0.2) is 18.2 Å². The van der Waals surface area contributed by atoms with Crippen LogP contribution in [0.3, 0.4) is 0 Å². The number of urea groups is 1. The maximum Gasteiger partial charge on any atom is 0.573 e. The lowest BCUT2D eigenvalue weighted by atomic mass is 10.2. The summed E-state index contributed by atoms with van der Waals surface area (Å²) in [6.07, 6.45) is -4.87. The van der Waals surface area contributed by atoms with Gasteiger partial charge in [0.25, 0.3) is 0 Å². The normalized spacial score (nSPS) is 10.5. The molecule has 8 heteroatoms. The SMILES string of the molecule is CCNC(=O)Nc1ccc(OC(F)(F)F)c(C#N)c1. The van der Waals surface area contributed by atoms with Gasteiger partial charge in [-0.25, -0.2) is 4.79 Å². The van der Waals surface area contributed by atoms with Gasteiger partial charge < -0.3 is 15.4 Å². The number of hydrogen-bond acceptors (Lipinski definition) is 3. The molecule has 0 aliphatic heterocycles. The van der Waals surface area contributed by atoms with E-state index < -0.39 is 18.1 Å². The highest BCUT2D eigenvalue weighted by Gasteiger charge is 2.32. The second-order valence-electron chi connectivity index (χ2n) is 3.35. The quantitative estimate of drug-likeness (QED) is 0.888. The Morgan fingerprint density at radius 2 is 2.16 bits per heavy atom. The van der Waals surface area contributed by atoms with Crippen LogP contribution in [0.5, 0.6) is 5.75 Å². The summed E-state index contributed by atoms with van der Waals surface area (Å²) < 4.78 is 39.9. The highest BCUT2D eigenvalue weighted by Crippen LogP contribution is 2.28. The number of ether oxygens (including phenoxy) is 1. The molecule has 0 radical (unpaired) electrons. The molecule has 0 aliphatic carbocycles. The third kappa shape index (κ3) is 4.75. The lowest BCUT2D eigenvalue weighted by Crippen LogP contribution is -2.28. The minimum atomic E-state index is -4.87. The minimum Gasteiger partial charge on any atom is -0.404 e. The van der Waals surface area contributed by atoms with Crippen molar-refractivity contribution in [3.05, 3.63) is 23.8 Å². The molecule has 1 aromatic carbocycles. The zero-order valence-corrected chi connectivity index (χ0v) is 9.84. The van der Waals surface area contributed by atoms with Crippen molar-refractivity contribution >= 4 is 11.7 Å². The number of halogens is 3. The van der Waals surface area contributed by atoms with Crippen LogP contribution in [0.1, 0.15) is 12.5 Å². The molecule has 0 spiro atoms. The van der Waals surface area contributed by atoms with Gasteiger partial charge in [-0.3, -0.25) is 0 Å². The highest BCUT2D eigenvalue weighted by molar-refractivity contribution is 5.89. The van der Waals surface area contributed by atoms with Crippen LogP contribution in [0.2, 0.25) is 0 Å². The van der Waals surface area contributed by atoms with Crippen LogP contribution >= 0.6 is 0 Å². The number of carbonyl (C=O) groups excluding carboxylic acids is 1. The van der Waals surface area contributed by atoms with E-state index in [1.54, 1.807) is 13.0 Å². The van der Waals surface area contributed by atoms with Crippen molar-refractivity contribution in [2.24, 2.45) is 0 Å². The standard InChI is InChI=1S/C11H10F3N3O2/c1-2-16-10(18)17-8-3-4-9(7(5-8)6-15)19-11(12,13)14/h3-5H,2H2,1H3,(H2,16,17,18). The summed E-state index contributed by atoms with van der Waals surface area (Å²) >= 11 is 0. The summed E-state index contributed by atoms with van der Waals surface area (Å²) in [6.45, 7) is 2.10. The number of nitrogens with zero attached hydrogens (tertiary/aromatic N) is 1. The van der Waals surface area contributed by atoms with Gasteiger partial charge in [0.15, 0.2) is 0 Å². The molecular formula is C11H10F3N3O2. The van der Waals surface area contributed by atoms with Crippen molar-refractivity contribution in [2.45, 2.75) is 13.3 Å². The van der Waals surface area contributed by atoms with E-state index in [0.717, 1.165) is 12.1 Å². The van der Waals surface area contributed by atoms with Crippen LogP contribution in [-0.4, -0.2) is 18.9 Å². The van der Waals surface area contributed by atoms with Gasteiger partial charge in [-0.15, -0.1) is 13.2 Å². The molecular weight excluding hydrogens is 263 g/mol. The number of alkyl halides is 3. The fraction of sp³-hybridized carbons (Fsp3) is 0.273. The Morgan fingerprint density at radius 1 is 1.47 bits per heavy atom. The first-order valence-corrected chi connectivity index (χ1v) is 5.20. The van der Waals surface area contributed by atoms with E-state index in [1.807, 2.05) is 0 Å². The molecule has 1 rings (SSSR count). The van der Waals surface area contributed by atoms with Gasteiger partial charge in [-0.2, -0.15) is 5.26 Å². The second kappa shape index (κ2) is 5.95. The molecule has 0 saturated heterocycles. The van der Waals surface area contributed by atoms with E-state index in [-0.39, 0.29) is 11.3 Å². The van der Waals surface area contributed by atoms with Gasteiger partial charge in [0.1, 0.15) is 11.8 Å². The van der Waals surface area contributed by atoms with E-state index in [0.29, 0.717) is 6.54 Å². The van der Waals surface area contributed by atoms with Gasteiger partial charge in [0.05, 0.1) is 5.56 Å². The van der Waals surface area contributed by atoms with Crippen LogP contribution in [0.4, 0.5) is 23.7 Å². The van der Waals surface area contributed by atoms with Crippen LogP contribution < -0.4 is 15.4 Å². The van der Waals surface area contributed by atoms with E-state index in [9.17, 15) is 18.0 Å². The molecule has 0 saturated carbocycles. The maximum absolute atomic E-state index is 12.1. The summed E-state index contributed by atoms with van der Waals surface area (Å²) in [5.74, 6) is -0.614. The van der Waals surface area contributed by atoms with Crippen LogP contribution in [-0.2, 0) is 0 Å². The van der Waals surface area contributed by atoms with Gasteiger partial charge in [-0.05, 0) is 25.1 Å². The van der Waals surface area contributed by atoms with Gasteiger partial charge in [0, 0.05) is 12.2 Å². The first-order chi connectivity index (χ1) is 8.85. The predicted molar refractivity (Wildman–Crippen MR) is 60.5 cm³/mol. The van der Waals surface area contributed by atoms with Crippen LogP contribution in [0, 0.1) is 11.3 Å². The lowest BCUT2D eigenvalue weighted by molar-refractivity contribution is -0.274. The summed E-state index contributed by atoms with van der Waals surface area (Å²) in [7, 11) is 0. The first-order valence-electron chi connectivity index (χ1n) is 5.20. The van der Waals surface area contributed by atoms with E-state index in [4.69, 9.17) is 5.26 Å². The number of nitrogens with one attached hydrogen (secondary N) is 2. The molecule has 102 valence electrons. The largest absolute Gasteiger partial charge is 0.573 e. The molecule has 0 fully saturated rings.